The van der Waals surface area contributed by atoms with E-state index in [4.69, 9.17) is 9.84 Å². The Bertz CT molecular complexity index is 446. The van der Waals surface area contributed by atoms with Crippen LogP contribution in [0.5, 0.6) is 5.75 Å². The van der Waals surface area contributed by atoms with Crippen LogP contribution in [0.25, 0.3) is 0 Å². The Morgan fingerprint density at radius 2 is 2.15 bits per heavy atom. The minimum Gasteiger partial charge on any atom is -0.492 e. The molecule has 0 saturated carbocycles. The minimum absolute atomic E-state index is 0.103. The van der Waals surface area contributed by atoms with Gasteiger partial charge in [-0.15, -0.1) is 0 Å². The van der Waals surface area contributed by atoms with Crippen molar-refractivity contribution in [1.82, 2.24) is 4.90 Å². The van der Waals surface area contributed by atoms with Crippen LogP contribution in [0.15, 0.2) is 24.3 Å². The van der Waals surface area contributed by atoms with E-state index >= 15 is 0 Å². The van der Waals surface area contributed by atoms with E-state index in [0.717, 1.165) is 24.4 Å². The van der Waals surface area contributed by atoms with Gasteiger partial charge < -0.3 is 14.7 Å². The van der Waals surface area contributed by atoms with Gasteiger partial charge in [-0.05, 0) is 31.2 Å². The van der Waals surface area contributed by atoms with Crippen LogP contribution >= 0.6 is 0 Å². The maximum Gasteiger partial charge on any atom is 0.120 e. The van der Waals surface area contributed by atoms with Gasteiger partial charge in [-0.3, -0.25) is 0 Å². The molecule has 0 aliphatic rings. The summed E-state index contributed by atoms with van der Waals surface area (Å²) in [6, 6.07) is 7.77. The van der Waals surface area contributed by atoms with Gasteiger partial charge in [-0.2, -0.15) is 0 Å². The Morgan fingerprint density at radius 3 is 2.85 bits per heavy atom. The highest BCUT2D eigenvalue weighted by Gasteiger charge is 2.02. The topological polar surface area (TPSA) is 32.7 Å². The van der Waals surface area contributed by atoms with E-state index in [2.05, 4.69) is 37.6 Å². The van der Waals surface area contributed by atoms with Gasteiger partial charge in [0.15, 0.2) is 0 Å². The van der Waals surface area contributed by atoms with Gasteiger partial charge in [0, 0.05) is 25.1 Å². The number of rotatable bonds is 7. The molecule has 0 unspecified atom stereocenters. The van der Waals surface area contributed by atoms with Crippen LogP contribution in [0.4, 0.5) is 0 Å². The third-order valence-electron chi connectivity index (χ3n) is 2.72. The van der Waals surface area contributed by atoms with Gasteiger partial charge in [0.2, 0.25) is 0 Å². The van der Waals surface area contributed by atoms with Crippen LogP contribution < -0.4 is 4.74 Å². The van der Waals surface area contributed by atoms with Gasteiger partial charge in [0.05, 0.1) is 6.61 Å². The maximum absolute atomic E-state index is 8.70. The molecule has 1 rings (SSSR count). The van der Waals surface area contributed by atoms with Crippen molar-refractivity contribution in [3.05, 3.63) is 29.8 Å². The lowest BCUT2D eigenvalue weighted by molar-refractivity contribution is 0.223. The predicted octanol–water partition coefficient (Wildman–Crippen LogP) is 2.39. The molecular weight excluding hydrogens is 250 g/mol. The molecule has 3 nitrogen and oxygen atoms in total. The van der Waals surface area contributed by atoms with E-state index in [1.54, 1.807) is 0 Å². The zero-order valence-corrected chi connectivity index (χ0v) is 12.7. The highest BCUT2D eigenvalue weighted by molar-refractivity contribution is 5.39. The summed E-state index contributed by atoms with van der Waals surface area (Å²) in [5, 5.41) is 8.70. The molecule has 20 heavy (non-hydrogen) atoms. The predicted molar refractivity (Wildman–Crippen MR) is 82.9 cm³/mol. The molecule has 0 aliphatic carbocycles. The molecule has 0 heterocycles. The van der Waals surface area contributed by atoms with E-state index in [9.17, 15) is 0 Å². The molecule has 0 aliphatic heterocycles. The van der Waals surface area contributed by atoms with Crippen molar-refractivity contribution in [2.75, 3.05) is 33.4 Å². The lowest BCUT2D eigenvalue weighted by Crippen LogP contribution is -2.27. The number of aliphatic hydroxyl groups excluding tert-OH is 1. The molecule has 3 heteroatoms. The van der Waals surface area contributed by atoms with Crippen LogP contribution in [-0.4, -0.2) is 43.4 Å². The van der Waals surface area contributed by atoms with Crippen LogP contribution in [0.2, 0.25) is 0 Å². The number of nitrogens with zero attached hydrogens (tertiary/aromatic N) is 1. The average molecular weight is 275 g/mol. The molecule has 0 bridgehead atoms. The number of aliphatic hydroxyl groups is 1. The smallest absolute Gasteiger partial charge is 0.120 e. The zero-order valence-electron chi connectivity index (χ0n) is 12.7. The Hall–Kier alpha value is -1.50. The Morgan fingerprint density at radius 1 is 1.35 bits per heavy atom. The fraction of sp³-hybridized carbons (Fsp3) is 0.529. The first-order valence-electron chi connectivity index (χ1n) is 7.13. The molecule has 0 radical (unpaired) electrons. The molecule has 1 N–H and O–H groups in total. The first kappa shape index (κ1) is 16.6. The quantitative estimate of drug-likeness (QED) is 0.776. The summed E-state index contributed by atoms with van der Waals surface area (Å²) < 4.78 is 5.75. The summed E-state index contributed by atoms with van der Waals surface area (Å²) in [5.74, 6) is 7.44. The molecule has 0 fully saturated rings. The summed E-state index contributed by atoms with van der Waals surface area (Å²) in [4.78, 5) is 2.27. The summed E-state index contributed by atoms with van der Waals surface area (Å²) in [5.41, 5.74) is 0.923. The molecule has 0 saturated heterocycles. The second-order valence-corrected chi connectivity index (χ2v) is 5.31. The summed E-state index contributed by atoms with van der Waals surface area (Å²) in [6.45, 7) is 7.20. The van der Waals surface area contributed by atoms with Crippen molar-refractivity contribution in [3.8, 4) is 17.6 Å². The lowest BCUT2D eigenvalue weighted by atomic mass is 10.2. The molecule has 110 valence electrons. The van der Waals surface area contributed by atoms with Crippen molar-refractivity contribution in [1.29, 1.82) is 0 Å². The van der Waals surface area contributed by atoms with E-state index in [1.165, 1.54) is 0 Å². The van der Waals surface area contributed by atoms with Crippen LogP contribution in [-0.2, 0) is 0 Å². The van der Waals surface area contributed by atoms with Crippen molar-refractivity contribution in [2.45, 2.75) is 20.3 Å². The fourth-order valence-corrected chi connectivity index (χ4v) is 1.92. The number of hydrogen-bond donors (Lipinski definition) is 1. The Balaban J connectivity index is 2.41. The number of benzene rings is 1. The van der Waals surface area contributed by atoms with Crippen molar-refractivity contribution in [2.24, 2.45) is 5.92 Å². The van der Waals surface area contributed by atoms with Gasteiger partial charge in [0.1, 0.15) is 12.4 Å². The van der Waals surface area contributed by atoms with Crippen LogP contribution in [0.3, 0.4) is 0 Å². The second-order valence-electron chi connectivity index (χ2n) is 5.31. The molecule has 1 aromatic rings. The SMILES string of the molecule is CC(C)CN(C)CCOc1cccc(C#CCCO)c1. The molecule has 0 spiro atoms. The van der Waals surface area contributed by atoms with E-state index in [-0.39, 0.29) is 6.61 Å². The number of hydrogen-bond acceptors (Lipinski definition) is 3. The summed E-state index contributed by atoms with van der Waals surface area (Å²) >= 11 is 0. The van der Waals surface area contributed by atoms with Gasteiger partial charge in [-0.25, -0.2) is 0 Å². The van der Waals surface area contributed by atoms with Gasteiger partial charge >= 0.3 is 0 Å². The third-order valence-corrected chi connectivity index (χ3v) is 2.72. The Labute approximate surface area is 122 Å². The second kappa shape index (κ2) is 9.41. The van der Waals surface area contributed by atoms with Gasteiger partial charge in [0.25, 0.3) is 0 Å². The minimum atomic E-state index is 0.103. The van der Waals surface area contributed by atoms with Crippen LogP contribution in [0.1, 0.15) is 25.8 Å². The molecular formula is C17H25NO2. The zero-order chi connectivity index (χ0) is 14.8. The molecule has 0 amide bonds. The van der Waals surface area contributed by atoms with E-state index in [1.807, 2.05) is 24.3 Å². The fourth-order valence-electron chi connectivity index (χ4n) is 1.92. The summed E-state index contributed by atoms with van der Waals surface area (Å²) in [6.07, 6.45) is 0.505. The first-order valence-corrected chi connectivity index (χ1v) is 7.13. The Kier molecular flexibility index (Phi) is 7.79. The normalized spacial score (nSPS) is 10.5. The van der Waals surface area contributed by atoms with Gasteiger partial charge in [-0.1, -0.05) is 31.8 Å². The number of ether oxygens (including phenoxy) is 1. The average Bonchev–Trinajstić information content (AvgIpc) is 2.39. The van der Waals surface area contributed by atoms with Crippen molar-refractivity contribution in [3.63, 3.8) is 0 Å². The van der Waals surface area contributed by atoms with E-state index in [0.29, 0.717) is 18.9 Å². The molecule has 0 aromatic heterocycles. The standard InChI is InChI=1S/C17H25NO2/c1-15(2)14-18(3)10-12-20-17-9-6-8-16(13-17)7-4-5-11-19/h6,8-9,13,15,19H,5,10-12,14H2,1-3H3. The lowest BCUT2D eigenvalue weighted by Gasteiger charge is -2.18. The van der Waals surface area contributed by atoms with Crippen molar-refractivity contribution >= 4 is 0 Å². The maximum atomic E-state index is 8.70. The number of likely N-dealkylation sites (N-methyl/N-ethyl adjacent to an activating group) is 1. The third kappa shape index (κ3) is 7.18. The summed E-state index contributed by atoms with van der Waals surface area (Å²) in [7, 11) is 2.11. The first-order chi connectivity index (χ1) is 9.61. The molecule has 0 atom stereocenters. The van der Waals surface area contributed by atoms with E-state index < -0.39 is 0 Å². The molecule has 1 aromatic carbocycles. The highest BCUT2D eigenvalue weighted by atomic mass is 16.5. The largest absolute Gasteiger partial charge is 0.492 e. The van der Waals surface area contributed by atoms with Crippen molar-refractivity contribution < 1.29 is 9.84 Å². The van der Waals surface area contributed by atoms with Crippen LogP contribution in [0, 0.1) is 17.8 Å². The monoisotopic (exact) mass is 275 g/mol. The highest BCUT2D eigenvalue weighted by Crippen LogP contribution is 2.12.